The van der Waals surface area contributed by atoms with E-state index in [1.807, 2.05) is 0 Å². The van der Waals surface area contributed by atoms with Crippen molar-refractivity contribution in [1.82, 2.24) is 5.32 Å². The second kappa shape index (κ2) is 9.23. The molecule has 3 saturated carbocycles. The van der Waals surface area contributed by atoms with Gasteiger partial charge in [0.2, 0.25) is 0 Å². The van der Waals surface area contributed by atoms with Crippen LogP contribution in [0, 0.1) is 40.9 Å². The maximum atomic E-state index is 11.9. The minimum atomic E-state index is -1.13. The van der Waals surface area contributed by atoms with Crippen molar-refractivity contribution in [2.24, 2.45) is 33.7 Å². The fourth-order valence-electron chi connectivity index (χ4n) is 7.49. The second-order valence-corrected chi connectivity index (χ2v) is 11.4. The van der Waals surface area contributed by atoms with Crippen LogP contribution in [0.4, 0.5) is 0 Å². The first-order valence-corrected chi connectivity index (χ1v) is 12.9. The minimum absolute atomic E-state index is 0.00443. The Bertz CT molecular complexity index is 957. The molecular formula is C26H36N2O5S. The summed E-state index contributed by atoms with van der Waals surface area (Å²) in [6, 6.07) is -1.05. The van der Waals surface area contributed by atoms with Crippen molar-refractivity contribution < 1.29 is 24.6 Å². The first kappa shape index (κ1) is 25.1. The molecule has 4 aliphatic carbocycles. The Morgan fingerprint density at radius 2 is 2.00 bits per heavy atom. The fraction of sp³-hybridized carbons (Fsp3) is 0.731. The molecule has 0 radical (unpaired) electrons. The van der Waals surface area contributed by atoms with E-state index in [0.29, 0.717) is 24.2 Å². The number of hydrogen-bond acceptors (Lipinski definition) is 6. The third kappa shape index (κ3) is 4.05. The number of aliphatic hydroxyl groups is 1. The molecule has 34 heavy (non-hydrogen) atoms. The molecule has 186 valence electrons. The summed E-state index contributed by atoms with van der Waals surface area (Å²) in [7, 11) is 0. The van der Waals surface area contributed by atoms with Gasteiger partial charge in [-0.3, -0.25) is 4.79 Å². The number of hydrogen-bond donors (Lipinski definition) is 4. The Labute approximate surface area is 207 Å². The molecule has 3 fully saturated rings. The SMILES string of the molecule is C#C[C@@]1(O)CC[C@@H]2[C@H]3CCC4=C/C(=N/OCC(=O)N[C@@H](CS)C(=O)O)CC[C@]4(C)[C@H]3CC[C@@]21C. The van der Waals surface area contributed by atoms with Gasteiger partial charge in [-0.15, -0.1) is 6.42 Å². The predicted molar refractivity (Wildman–Crippen MR) is 132 cm³/mol. The van der Waals surface area contributed by atoms with Gasteiger partial charge in [0.15, 0.2) is 6.61 Å². The lowest BCUT2D eigenvalue weighted by atomic mass is 9.46. The van der Waals surface area contributed by atoms with Gasteiger partial charge in [-0.2, -0.15) is 12.6 Å². The second-order valence-electron chi connectivity index (χ2n) is 11.0. The van der Waals surface area contributed by atoms with Crippen molar-refractivity contribution in [1.29, 1.82) is 0 Å². The van der Waals surface area contributed by atoms with Crippen LogP contribution in [-0.2, 0) is 14.4 Å². The van der Waals surface area contributed by atoms with Crippen LogP contribution in [0.3, 0.4) is 0 Å². The Morgan fingerprint density at radius 1 is 1.26 bits per heavy atom. The summed E-state index contributed by atoms with van der Waals surface area (Å²) in [5, 5.41) is 26.7. The number of amides is 1. The third-order valence-electron chi connectivity index (χ3n) is 9.56. The average molecular weight is 489 g/mol. The number of terminal acetylenes is 1. The van der Waals surface area contributed by atoms with Crippen LogP contribution in [0.15, 0.2) is 16.8 Å². The molecule has 0 aromatic heterocycles. The van der Waals surface area contributed by atoms with Gasteiger partial charge in [0.1, 0.15) is 11.6 Å². The van der Waals surface area contributed by atoms with Gasteiger partial charge in [-0.1, -0.05) is 30.5 Å². The number of carbonyl (C=O) groups is 2. The summed E-state index contributed by atoms with van der Waals surface area (Å²) in [6.45, 7) is 4.27. The highest BCUT2D eigenvalue weighted by Crippen LogP contribution is 2.67. The van der Waals surface area contributed by atoms with Crippen molar-refractivity contribution in [3.05, 3.63) is 11.6 Å². The molecule has 7 atom stereocenters. The Hall–Kier alpha value is -1.98. The topological polar surface area (TPSA) is 108 Å². The van der Waals surface area contributed by atoms with Gasteiger partial charge in [0, 0.05) is 11.2 Å². The molecular weight excluding hydrogens is 452 g/mol. The van der Waals surface area contributed by atoms with Crippen LogP contribution in [0.1, 0.15) is 65.2 Å². The van der Waals surface area contributed by atoms with E-state index in [-0.39, 0.29) is 23.2 Å². The summed E-state index contributed by atoms with van der Waals surface area (Å²) in [4.78, 5) is 28.2. The molecule has 0 aliphatic heterocycles. The molecule has 8 heteroatoms. The van der Waals surface area contributed by atoms with Crippen molar-refractivity contribution >= 4 is 30.2 Å². The molecule has 0 bridgehead atoms. The summed E-state index contributed by atoms with van der Waals surface area (Å²) < 4.78 is 0. The lowest BCUT2D eigenvalue weighted by Crippen LogP contribution is -2.54. The van der Waals surface area contributed by atoms with Crippen LogP contribution in [0.2, 0.25) is 0 Å². The number of carboxylic acid groups (broad SMARTS) is 1. The molecule has 4 rings (SSSR count). The maximum absolute atomic E-state index is 11.9. The van der Waals surface area contributed by atoms with Gasteiger partial charge < -0.3 is 20.4 Å². The highest BCUT2D eigenvalue weighted by Gasteiger charge is 2.63. The molecule has 0 heterocycles. The molecule has 4 aliphatic rings. The van der Waals surface area contributed by atoms with Gasteiger partial charge >= 0.3 is 5.97 Å². The zero-order valence-corrected chi connectivity index (χ0v) is 20.9. The zero-order chi connectivity index (χ0) is 24.7. The lowest BCUT2D eigenvalue weighted by molar-refractivity contribution is -0.141. The molecule has 0 aromatic rings. The van der Waals surface area contributed by atoms with Crippen molar-refractivity contribution in [2.45, 2.75) is 76.9 Å². The van der Waals surface area contributed by atoms with E-state index in [1.54, 1.807) is 0 Å². The number of nitrogens with zero attached hydrogens (tertiary/aromatic N) is 1. The Morgan fingerprint density at radius 3 is 2.68 bits per heavy atom. The van der Waals surface area contributed by atoms with Gasteiger partial charge in [-0.05, 0) is 80.6 Å². The number of thiol groups is 1. The number of oxime groups is 1. The minimum Gasteiger partial charge on any atom is -0.480 e. The zero-order valence-electron chi connectivity index (χ0n) is 20.0. The quantitative estimate of drug-likeness (QED) is 0.261. The molecule has 0 spiro atoms. The monoisotopic (exact) mass is 488 g/mol. The smallest absolute Gasteiger partial charge is 0.327 e. The fourth-order valence-corrected chi connectivity index (χ4v) is 7.74. The van der Waals surface area contributed by atoms with Crippen molar-refractivity contribution in [3.63, 3.8) is 0 Å². The molecule has 1 amide bonds. The average Bonchev–Trinajstić information content (AvgIpc) is 3.08. The predicted octanol–water partition coefficient (Wildman–Crippen LogP) is 3.19. The Kier molecular flexibility index (Phi) is 6.82. The van der Waals surface area contributed by atoms with Crippen molar-refractivity contribution in [3.8, 4) is 12.3 Å². The number of aliphatic carboxylic acids is 1. The summed E-state index contributed by atoms with van der Waals surface area (Å²) in [6.07, 6.45) is 15.5. The van der Waals surface area contributed by atoms with E-state index < -0.39 is 23.5 Å². The van der Waals surface area contributed by atoms with Crippen LogP contribution in [-0.4, -0.2) is 51.8 Å². The molecule has 0 aromatic carbocycles. The van der Waals surface area contributed by atoms with E-state index in [2.05, 4.69) is 48.9 Å². The molecule has 7 nitrogen and oxygen atoms in total. The van der Waals surface area contributed by atoms with E-state index in [0.717, 1.165) is 50.7 Å². The molecule has 3 N–H and O–H groups in total. The summed E-state index contributed by atoms with van der Waals surface area (Å²) in [5.41, 5.74) is 1.17. The normalized spacial score (nSPS) is 40.7. The van der Waals surface area contributed by atoms with Crippen LogP contribution in [0.25, 0.3) is 0 Å². The number of nitrogens with one attached hydrogen (secondary N) is 1. The van der Waals surface area contributed by atoms with E-state index in [9.17, 15) is 14.7 Å². The molecule has 0 unspecified atom stereocenters. The Balaban J connectivity index is 1.42. The third-order valence-corrected chi connectivity index (χ3v) is 9.93. The van der Waals surface area contributed by atoms with Gasteiger partial charge in [0.05, 0.1) is 5.71 Å². The highest BCUT2D eigenvalue weighted by atomic mass is 32.1. The number of allylic oxidation sites excluding steroid dienone is 2. The van der Waals surface area contributed by atoms with Gasteiger partial charge in [-0.25, -0.2) is 4.79 Å². The largest absolute Gasteiger partial charge is 0.480 e. The summed E-state index contributed by atoms with van der Waals surface area (Å²) >= 11 is 3.93. The van der Waals surface area contributed by atoms with Crippen molar-refractivity contribution in [2.75, 3.05) is 12.4 Å². The van der Waals surface area contributed by atoms with E-state index in [4.69, 9.17) is 16.4 Å². The number of rotatable bonds is 6. The first-order chi connectivity index (χ1) is 16.1. The van der Waals surface area contributed by atoms with E-state index >= 15 is 0 Å². The number of carboxylic acids is 1. The number of fused-ring (bicyclic) bond motifs is 5. The number of carbonyl (C=O) groups excluding carboxylic acids is 1. The maximum Gasteiger partial charge on any atom is 0.327 e. The molecule has 0 saturated heterocycles. The van der Waals surface area contributed by atoms with E-state index in [1.165, 1.54) is 5.57 Å². The van der Waals surface area contributed by atoms with Crippen LogP contribution >= 0.6 is 12.6 Å². The first-order valence-electron chi connectivity index (χ1n) is 12.3. The van der Waals surface area contributed by atoms with Gasteiger partial charge in [0.25, 0.3) is 5.91 Å². The summed E-state index contributed by atoms with van der Waals surface area (Å²) in [5.74, 6) is 2.71. The standard InChI is InChI=1S/C26H36N2O5S/c1-4-26(32)12-9-20-18-6-5-16-13-17(28-33-14-22(29)27-21(15-34)23(30)31)7-10-24(16,2)19(18)8-11-25(20,26)3/h1,13,18-21,32,34H,5-12,14-15H2,2-3H3,(H,27,29)(H,30,31)/b28-17+/t18-,19-,20+,21-,24-,25-,26+/m0/s1. The lowest BCUT2D eigenvalue weighted by Gasteiger charge is -2.58. The highest BCUT2D eigenvalue weighted by molar-refractivity contribution is 7.80. The van der Waals surface area contributed by atoms with Crippen LogP contribution < -0.4 is 5.32 Å². The van der Waals surface area contributed by atoms with Crippen LogP contribution in [0.5, 0.6) is 0 Å².